The summed E-state index contributed by atoms with van der Waals surface area (Å²) >= 11 is 7.93. The summed E-state index contributed by atoms with van der Waals surface area (Å²) in [7, 11) is 1.35. The molecule has 0 aliphatic carbocycles. The van der Waals surface area contributed by atoms with Crippen LogP contribution in [0.3, 0.4) is 0 Å². The molecule has 1 aliphatic rings. The number of benzene rings is 1. The first-order chi connectivity index (χ1) is 9.06. The van der Waals surface area contributed by atoms with Crippen LogP contribution in [-0.4, -0.2) is 31.4 Å². The zero-order valence-electron chi connectivity index (χ0n) is 10.4. The summed E-state index contributed by atoms with van der Waals surface area (Å²) in [6.07, 6.45) is 0.484. The minimum absolute atomic E-state index is 0.0781. The van der Waals surface area contributed by atoms with Crippen LogP contribution >= 0.6 is 34.2 Å². The van der Waals surface area contributed by atoms with E-state index in [0.717, 1.165) is 9.26 Å². The zero-order chi connectivity index (χ0) is 14.0. The van der Waals surface area contributed by atoms with E-state index in [0.29, 0.717) is 24.4 Å². The number of anilines is 1. The van der Waals surface area contributed by atoms with Crippen LogP contribution in [0, 0.1) is 9.49 Å². The smallest absolute Gasteiger partial charge is 0.337 e. The largest absolute Gasteiger partial charge is 0.465 e. The molecule has 1 aromatic rings. The van der Waals surface area contributed by atoms with Gasteiger partial charge in [0, 0.05) is 22.4 Å². The average Bonchev–Trinajstić information content (AvgIpc) is 2.79. The zero-order valence-corrected chi connectivity index (χ0v) is 13.3. The molecule has 1 fully saturated rings. The number of hydrogen-bond acceptors (Lipinski definition) is 3. The van der Waals surface area contributed by atoms with Gasteiger partial charge in [0.2, 0.25) is 5.91 Å². The van der Waals surface area contributed by atoms with Gasteiger partial charge in [0.25, 0.3) is 0 Å². The lowest BCUT2D eigenvalue weighted by Crippen LogP contribution is -2.25. The Morgan fingerprint density at radius 1 is 1.58 bits per heavy atom. The number of carbonyl (C=O) groups is 2. The van der Waals surface area contributed by atoms with Crippen LogP contribution in [0.5, 0.6) is 0 Å². The van der Waals surface area contributed by atoms with Crippen molar-refractivity contribution in [1.29, 1.82) is 0 Å². The van der Waals surface area contributed by atoms with Crippen LogP contribution < -0.4 is 4.90 Å². The van der Waals surface area contributed by atoms with Crippen molar-refractivity contribution < 1.29 is 14.3 Å². The van der Waals surface area contributed by atoms with Crippen molar-refractivity contribution in [1.82, 2.24) is 0 Å². The van der Waals surface area contributed by atoms with Crippen molar-refractivity contribution in [3.8, 4) is 0 Å². The molecule has 0 saturated carbocycles. The van der Waals surface area contributed by atoms with E-state index >= 15 is 0 Å². The third-order valence-electron chi connectivity index (χ3n) is 3.08. The molecule has 0 aromatic heterocycles. The standard InChI is InChI=1S/C13H13ClINO3/c1-19-13(18)9-2-3-11(10(15)5-9)16-7-8(6-14)4-12(16)17/h2-3,5,8H,4,6-7H2,1H3. The predicted octanol–water partition coefficient (Wildman–Crippen LogP) is 2.67. The first kappa shape index (κ1) is 14.6. The fourth-order valence-electron chi connectivity index (χ4n) is 2.09. The number of esters is 1. The molecule has 19 heavy (non-hydrogen) atoms. The Kier molecular flexibility index (Phi) is 4.67. The lowest BCUT2D eigenvalue weighted by molar-refractivity contribution is -0.117. The summed E-state index contributed by atoms with van der Waals surface area (Å²) in [5.41, 5.74) is 1.31. The van der Waals surface area contributed by atoms with Crippen molar-refractivity contribution >= 4 is 51.8 Å². The van der Waals surface area contributed by atoms with E-state index in [9.17, 15) is 9.59 Å². The molecule has 1 aliphatic heterocycles. The number of alkyl halides is 1. The van der Waals surface area contributed by atoms with Crippen molar-refractivity contribution in [2.24, 2.45) is 5.92 Å². The number of ether oxygens (including phenoxy) is 1. The van der Waals surface area contributed by atoms with Crippen LogP contribution in [0.15, 0.2) is 18.2 Å². The van der Waals surface area contributed by atoms with Crippen LogP contribution in [0.1, 0.15) is 16.8 Å². The molecular formula is C13H13ClINO3. The van der Waals surface area contributed by atoms with Gasteiger partial charge in [0.1, 0.15) is 0 Å². The monoisotopic (exact) mass is 393 g/mol. The maximum atomic E-state index is 11.9. The summed E-state index contributed by atoms with van der Waals surface area (Å²) in [5.74, 6) is 0.384. The Balaban J connectivity index is 2.27. The van der Waals surface area contributed by atoms with Crippen molar-refractivity contribution in [3.05, 3.63) is 27.3 Å². The summed E-state index contributed by atoms with van der Waals surface area (Å²) in [6, 6.07) is 5.18. The van der Waals surface area contributed by atoms with Gasteiger partial charge in [-0.05, 0) is 46.7 Å². The highest BCUT2D eigenvalue weighted by atomic mass is 127. The number of methoxy groups -OCH3 is 1. The Hall–Kier alpha value is -0.820. The number of halogens is 2. The molecule has 1 unspecified atom stereocenters. The van der Waals surface area contributed by atoms with E-state index in [-0.39, 0.29) is 17.8 Å². The molecule has 1 saturated heterocycles. The molecule has 0 N–H and O–H groups in total. The van der Waals surface area contributed by atoms with Crippen molar-refractivity contribution in [2.75, 3.05) is 24.4 Å². The molecule has 0 bridgehead atoms. The number of hydrogen-bond donors (Lipinski definition) is 0. The van der Waals surface area contributed by atoms with E-state index in [1.165, 1.54) is 7.11 Å². The number of rotatable bonds is 3. The number of carbonyl (C=O) groups excluding carboxylic acids is 2. The average molecular weight is 394 g/mol. The fraction of sp³-hybridized carbons (Fsp3) is 0.385. The molecule has 4 nitrogen and oxygen atoms in total. The van der Waals surface area contributed by atoms with Crippen LogP contribution in [-0.2, 0) is 9.53 Å². The second kappa shape index (κ2) is 6.09. The third kappa shape index (κ3) is 3.02. The molecule has 102 valence electrons. The van der Waals surface area contributed by atoms with E-state index in [4.69, 9.17) is 11.6 Å². The molecule has 6 heteroatoms. The lowest BCUT2D eigenvalue weighted by Gasteiger charge is -2.18. The Morgan fingerprint density at radius 3 is 2.84 bits per heavy atom. The normalized spacial score (nSPS) is 18.8. The molecule has 2 rings (SSSR count). The van der Waals surface area contributed by atoms with E-state index < -0.39 is 0 Å². The maximum absolute atomic E-state index is 11.9. The Bertz CT molecular complexity index is 521. The minimum Gasteiger partial charge on any atom is -0.465 e. The highest BCUT2D eigenvalue weighted by molar-refractivity contribution is 14.1. The topological polar surface area (TPSA) is 46.6 Å². The Labute approximate surface area is 130 Å². The lowest BCUT2D eigenvalue weighted by atomic mass is 10.1. The molecule has 0 spiro atoms. The first-order valence-electron chi connectivity index (χ1n) is 5.81. The van der Waals surface area contributed by atoms with Gasteiger partial charge in [-0.2, -0.15) is 0 Å². The first-order valence-corrected chi connectivity index (χ1v) is 7.42. The molecule has 1 heterocycles. The van der Waals surface area contributed by atoms with Gasteiger partial charge in [0.15, 0.2) is 0 Å². The van der Waals surface area contributed by atoms with Gasteiger partial charge in [0.05, 0.1) is 18.4 Å². The highest BCUT2D eigenvalue weighted by Gasteiger charge is 2.31. The number of amides is 1. The van der Waals surface area contributed by atoms with Gasteiger partial charge < -0.3 is 9.64 Å². The second-order valence-corrected chi connectivity index (χ2v) is 5.86. The summed E-state index contributed by atoms with van der Waals surface area (Å²) in [4.78, 5) is 25.1. The van der Waals surface area contributed by atoms with Gasteiger partial charge in [-0.3, -0.25) is 4.79 Å². The van der Waals surface area contributed by atoms with E-state index in [1.54, 1.807) is 23.1 Å². The van der Waals surface area contributed by atoms with Crippen LogP contribution in [0.2, 0.25) is 0 Å². The third-order valence-corrected chi connectivity index (χ3v) is 4.38. The minimum atomic E-state index is -0.379. The summed E-state index contributed by atoms with van der Waals surface area (Å²) < 4.78 is 5.52. The van der Waals surface area contributed by atoms with Crippen LogP contribution in [0.25, 0.3) is 0 Å². The molecular weight excluding hydrogens is 381 g/mol. The second-order valence-electron chi connectivity index (χ2n) is 4.39. The number of nitrogens with zero attached hydrogens (tertiary/aromatic N) is 1. The summed E-state index contributed by atoms with van der Waals surface area (Å²) in [6.45, 7) is 0.635. The van der Waals surface area contributed by atoms with Gasteiger partial charge in [-0.1, -0.05) is 0 Å². The molecule has 1 aromatic carbocycles. The van der Waals surface area contributed by atoms with E-state index in [2.05, 4.69) is 27.3 Å². The van der Waals surface area contributed by atoms with Crippen molar-refractivity contribution in [3.63, 3.8) is 0 Å². The maximum Gasteiger partial charge on any atom is 0.337 e. The van der Waals surface area contributed by atoms with Gasteiger partial charge >= 0.3 is 5.97 Å². The molecule has 0 radical (unpaired) electrons. The van der Waals surface area contributed by atoms with Gasteiger partial charge in [-0.25, -0.2) is 4.79 Å². The Morgan fingerprint density at radius 2 is 2.32 bits per heavy atom. The molecule has 1 atom stereocenters. The molecule has 1 amide bonds. The SMILES string of the molecule is COC(=O)c1ccc(N2CC(CCl)CC2=O)c(I)c1. The van der Waals surface area contributed by atoms with Crippen LogP contribution in [0.4, 0.5) is 5.69 Å². The highest BCUT2D eigenvalue weighted by Crippen LogP contribution is 2.30. The quantitative estimate of drug-likeness (QED) is 0.451. The predicted molar refractivity (Wildman–Crippen MR) is 81.7 cm³/mol. The van der Waals surface area contributed by atoms with Gasteiger partial charge in [-0.15, -0.1) is 11.6 Å². The summed E-state index contributed by atoms with van der Waals surface area (Å²) in [5, 5.41) is 0. The fourth-order valence-corrected chi connectivity index (χ4v) is 3.10. The van der Waals surface area contributed by atoms with E-state index in [1.807, 2.05) is 0 Å². The van der Waals surface area contributed by atoms with Crippen molar-refractivity contribution in [2.45, 2.75) is 6.42 Å².